The summed E-state index contributed by atoms with van der Waals surface area (Å²) in [4.78, 5) is 2.48. The molecule has 3 aromatic rings. The molecule has 1 aliphatic rings. The van der Waals surface area contributed by atoms with Crippen molar-refractivity contribution in [1.82, 2.24) is 4.90 Å². The molecule has 0 aliphatic carbocycles. The number of nitrogens with zero attached hydrogens (tertiary/aromatic N) is 1. The molecule has 0 saturated carbocycles. The molecule has 1 fully saturated rings. The standard InChI is InChI=1S/C26H29NO2/c1-29-20-24-16-10-18-27(24)19-21-11-8-9-17-25(21)26(28,22-12-4-2-5-13-22)23-14-6-3-7-15-23/h2-9,11-15,17,24,28H,10,16,18-20H2,1H3/t24-/m0/s1. The van der Waals surface area contributed by atoms with Crippen LogP contribution in [0.2, 0.25) is 0 Å². The van der Waals surface area contributed by atoms with Crippen molar-refractivity contribution >= 4 is 0 Å². The van der Waals surface area contributed by atoms with E-state index in [0.29, 0.717) is 6.04 Å². The van der Waals surface area contributed by atoms with Crippen molar-refractivity contribution in [3.63, 3.8) is 0 Å². The van der Waals surface area contributed by atoms with E-state index in [9.17, 15) is 5.11 Å². The number of hydrogen-bond acceptors (Lipinski definition) is 3. The van der Waals surface area contributed by atoms with E-state index in [4.69, 9.17) is 4.74 Å². The summed E-state index contributed by atoms with van der Waals surface area (Å²) >= 11 is 0. The minimum atomic E-state index is -1.20. The Morgan fingerprint density at radius 1 is 0.897 bits per heavy atom. The van der Waals surface area contributed by atoms with Crippen LogP contribution in [0.25, 0.3) is 0 Å². The molecule has 1 N–H and O–H groups in total. The number of ether oxygens (including phenoxy) is 1. The second kappa shape index (κ2) is 8.91. The molecular weight excluding hydrogens is 358 g/mol. The maximum absolute atomic E-state index is 12.2. The third-order valence-electron chi connectivity index (χ3n) is 6.02. The van der Waals surface area contributed by atoms with Gasteiger partial charge in [-0.15, -0.1) is 0 Å². The molecular formula is C26H29NO2. The highest BCUT2D eigenvalue weighted by Gasteiger charge is 2.36. The van der Waals surface area contributed by atoms with Crippen LogP contribution in [-0.2, 0) is 16.9 Å². The fourth-order valence-electron chi connectivity index (χ4n) is 4.55. The normalized spacial score (nSPS) is 17.5. The van der Waals surface area contributed by atoms with Crippen molar-refractivity contribution in [3.05, 3.63) is 107 Å². The summed E-state index contributed by atoms with van der Waals surface area (Å²) in [7, 11) is 1.77. The van der Waals surface area contributed by atoms with Crippen molar-refractivity contribution in [2.24, 2.45) is 0 Å². The summed E-state index contributed by atoms with van der Waals surface area (Å²) < 4.78 is 5.44. The predicted molar refractivity (Wildman–Crippen MR) is 117 cm³/mol. The third-order valence-corrected chi connectivity index (χ3v) is 6.02. The van der Waals surface area contributed by atoms with Gasteiger partial charge in [-0.25, -0.2) is 0 Å². The fourth-order valence-corrected chi connectivity index (χ4v) is 4.55. The zero-order valence-corrected chi connectivity index (χ0v) is 17.0. The van der Waals surface area contributed by atoms with Gasteiger partial charge in [0.25, 0.3) is 0 Å². The van der Waals surface area contributed by atoms with Crippen LogP contribution in [0.3, 0.4) is 0 Å². The van der Waals surface area contributed by atoms with Crippen LogP contribution in [0.4, 0.5) is 0 Å². The van der Waals surface area contributed by atoms with Crippen LogP contribution >= 0.6 is 0 Å². The van der Waals surface area contributed by atoms with Crippen molar-refractivity contribution < 1.29 is 9.84 Å². The Morgan fingerprint density at radius 2 is 1.48 bits per heavy atom. The summed E-state index contributed by atoms with van der Waals surface area (Å²) in [5.74, 6) is 0. The zero-order valence-electron chi connectivity index (χ0n) is 17.0. The molecule has 1 atom stereocenters. The van der Waals surface area contributed by atoms with Crippen molar-refractivity contribution in [3.8, 4) is 0 Å². The fraction of sp³-hybridized carbons (Fsp3) is 0.308. The van der Waals surface area contributed by atoms with Gasteiger partial charge in [-0.1, -0.05) is 84.9 Å². The number of benzene rings is 3. The maximum atomic E-state index is 12.2. The molecule has 0 bridgehead atoms. The Kier molecular flexibility index (Phi) is 6.10. The first-order valence-electron chi connectivity index (χ1n) is 10.4. The third kappa shape index (κ3) is 3.99. The second-order valence-electron chi connectivity index (χ2n) is 7.82. The molecule has 0 unspecified atom stereocenters. The minimum Gasteiger partial charge on any atom is -0.383 e. The molecule has 1 aliphatic heterocycles. The minimum absolute atomic E-state index is 0.439. The van der Waals surface area contributed by atoms with Crippen LogP contribution in [0.5, 0.6) is 0 Å². The lowest BCUT2D eigenvalue weighted by molar-refractivity contribution is 0.106. The van der Waals surface area contributed by atoms with E-state index < -0.39 is 5.60 Å². The van der Waals surface area contributed by atoms with Crippen LogP contribution < -0.4 is 0 Å². The van der Waals surface area contributed by atoms with E-state index in [2.05, 4.69) is 23.1 Å². The summed E-state index contributed by atoms with van der Waals surface area (Å²) in [5.41, 5.74) is 2.67. The van der Waals surface area contributed by atoms with Gasteiger partial charge in [0.05, 0.1) is 6.61 Å². The average Bonchev–Trinajstić information content (AvgIpc) is 3.22. The van der Waals surface area contributed by atoms with Crippen molar-refractivity contribution in [1.29, 1.82) is 0 Å². The number of methoxy groups -OCH3 is 1. The molecule has 0 radical (unpaired) electrons. The SMILES string of the molecule is COC[C@@H]1CCCN1Cc1ccccc1C(O)(c1ccccc1)c1ccccc1. The molecule has 0 spiro atoms. The average molecular weight is 388 g/mol. The highest BCUT2D eigenvalue weighted by Crippen LogP contribution is 2.39. The van der Waals surface area contributed by atoms with Gasteiger partial charge in [-0.2, -0.15) is 0 Å². The Morgan fingerprint density at radius 3 is 2.10 bits per heavy atom. The van der Waals surface area contributed by atoms with E-state index in [1.165, 1.54) is 6.42 Å². The zero-order chi connectivity index (χ0) is 20.1. The van der Waals surface area contributed by atoms with Gasteiger partial charge in [0.2, 0.25) is 0 Å². The summed E-state index contributed by atoms with van der Waals surface area (Å²) in [5, 5.41) is 12.2. The van der Waals surface area contributed by atoms with E-state index in [-0.39, 0.29) is 0 Å². The topological polar surface area (TPSA) is 32.7 Å². The smallest absolute Gasteiger partial charge is 0.140 e. The first kappa shape index (κ1) is 19.8. The molecule has 0 amide bonds. The summed E-state index contributed by atoms with van der Waals surface area (Å²) in [6, 6.07) is 28.7. The molecule has 0 aromatic heterocycles. The highest BCUT2D eigenvalue weighted by atomic mass is 16.5. The largest absolute Gasteiger partial charge is 0.383 e. The molecule has 3 heteroatoms. The van der Waals surface area contributed by atoms with Gasteiger partial charge in [0, 0.05) is 19.7 Å². The maximum Gasteiger partial charge on any atom is 0.140 e. The molecule has 1 saturated heterocycles. The lowest BCUT2D eigenvalue weighted by Gasteiger charge is -2.33. The number of likely N-dealkylation sites (tertiary alicyclic amines) is 1. The Balaban J connectivity index is 1.79. The Bertz CT molecular complexity index is 871. The Labute approximate surface area is 173 Å². The van der Waals surface area contributed by atoms with E-state index in [0.717, 1.165) is 48.4 Å². The van der Waals surface area contributed by atoms with Crippen molar-refractivity contribution in [2.75, 3.05) is 20.3 Å². The van der Waals surface area contributed by atoms with Gasteiger partial charge in [-0.3, -0.25) is 4.90 Å². The molecule has 150 valence electrons. The first-order chi connectivity index (χ1) is 14.2. The van der Waals surface area contributed by atoms with E-state index in [1.807, 2.05) is 66.7 Å². The van der Waals surface area contributed by atoms with Gasteiger partial charge in [-0.05, 0) is 41.6 Å². The van der Waals surface area contributed by atoms with Crippen LogP contribution in [0.1, 0.15) is 35.1 Å². The quantitative estimate of drug-likeness (QED) is 0.602. The predicted octanol–water partition coefficient (Wildman–Crippen LogP) is 4.58. The van der Waals surface area contributed by atoms with Gasteiger partial charge < -0.3 is 9.84 Å². The van der Waals surface area contributed by atoms with Crippen LogP contribution in [-0.4, -0.2) is 36.3 Å². The van der Waals surface area contributed by atoms with Crippen LogP contribution in [0, 0.1) is 0 Å². The lowest BCUT2D eigenvalue weighted by atomic mass is 9.78. The molecule has 4 rings (SSSR count). The molecule has 1 heterocycles. The monoisotopic (exact) mass is 387 g/mol. The number of rotatable bonds is 7. The van der Waals surface area contributed by atoms with Gasteiger partial charge >= 0.3 is 0 Å². The van der Waals surface area contributed by atoms with Crippen LogP contribution in [0.15, 0.2) is 84.9 Å². The van der Waals surface area contributed by atoms with Gasteiger partial charge in [0.1, 0.15) is 5.60 Å². The second-order valence-corrected chi connectivity index (χ2v) is 7.82. The molecule has 3 nitrogen and oxygen atoms in total. The number of aliphatic hydroxyl groups is 1. The molecule has 29 heavy (non-hydrogen) atoms. The first-order valence-corrected chi connectivity index (χ1v) is 10.4. The van der Waals surface area contributed by atoms with Crippen molar-refractivity contribution in [2.45, 2.75) is 31.0 Å². The van der Waals surface area contributed by atoms with Gasteiger partial charge in [0.15, 0.2) is 0 Å². The lowest BCUT2D eigenvalue weighted by Crippen LogP contribution is -2.35. The highest BCUT2D eigenvalue weighted by molar-refractivity contribution is 5.49. The summed E-state index contributed by atoms with van der Waals surface area (Å²) in [6.07, 6.45) is 2.36. The Hall–Kier alpha value is -2.46. The summed E-state index contributed by atoms with van der Waals surface area (Å²) in [6.45, 7) is 2.63. The van der Waals surface area contributed by atoms with E-state index >= 15 is 0 Å². The number of hydrogen-bond donors (Lipinski definition) is 1. The van der Waals surface area contributed by atoms with E-state index in [1.54, 1.807) is 7.11 Å². The molecule has 3 aromatic carbocycles.